The van der Waals surface area contributed by atoms with E-state index < -0.39 is 0 Å². The van der Waals surface area contributed by atoms with Crippen LogP contribution in [0, 0.1) is 5.82 Å². The van der Waals surface area contributed by atoms with E-state index >= 15 is 0 Å². The van der Waals surface area contributed by atoms with Crippen LogP contribution in [0.4, 0.5) is 10.1 Å². The average molecular weight is 367 g/mol. The van der Waals surface area contributed by atoms with E-state index in [1.165, 1.54) is 12.1 Å². The number of nitrogens with one attached hydrogen (secondary N) is 2. The van der Waals surface area contributed by atoms with Gasteiger partial charge in [-0.15, -0.1) is 0 Å². The molecule has 2 aromatic rings. The normalized spacial score (nSPS) is 10.2. The lowest BCUT2D eigenvalue weighted by Crippen LogP contribution is -2.29. The third-order valence-corrected chi connectivity index (χ3v) is 3.72. The molecule has 0 atom stereocenters. The van der Waals surface area contributed by atoms with Gasteiger partial charge in [0.2, 0.25) is 0 Å². The molecule has 21 heavy (non-hydrogen) atoms. The van der Waals surface area contributed by atoms with Crippen LogP contribution in [-0.4, -0.2) is 11.7 Å². The summed E-state index contributed by atoms with van der Waals surface area (Å²) < 4.78 is 13.8. The van der Waals surface area contributed by atoms with Crippen molar-refractivity contribution in [2.45, 2.75) is 12.8 Å². The van der Waals surface area contributed by atoms with Crippen LogP contribution in [0.25, 0.3) is 0 Å². The fourth-order valence-electron chi connectivity index (χ4n) is 1.85. The van der Waals surface area contributed by atoms with Crippen LogP contribution < -0.4 is 10.6 Å². The third kappa shape index (κ3) is 5.81. The van der Waals surface area contributed by atoms with Crippen molar-refractivity contribution in [2.75, 3.05) is 11.9 Å². The summed E-state index contributed by atoms with van der Waals surface area (Å²) in [7, 11) is 0. The smallest absolute Gasteiger partial charge is 0.170 e. The summed E-state index contributed by atoms with van der Waals surface area (Å²) in [4.78, 5) is 0. The Balaban J connectivity index is 1.67. The van der Waals surface area contributed by atoms with Gasteiger partial charge in [0.05, 0.1) is 0 Å². The van der Waals surface area contributed by atoms with E-state index in [2.05, 4.69) is 26.6 Å². The van der Waals surface area contributed by atoms with E-state index in [0.717, 1.165) is 35.1 Å². The molecule has 0 amide bonds. The van der Waals surface area contributed by atoms with Gasteiger partial charge in [0, 0.05) is 16.7 Å². The number of hydrogen-bond acceptors (Lipinski definition) is 1. The number of halogens is 2. The fraction of sp³-hybridized carbons (Fsp3) is 0.188. The minimum atomic E-state index is -0.197. The standard InChI is InChI=1S/C16H16BrFN2S/c17-13-5-9-15(10-6-13)20-16(21)19-11-1-2-12-3-7-14(18)8-4-12/h3-10H,1-2,11H2,(H2,19,20,21). The van der Waals surface area contributed by atoms with Crippen molar-refractivity contribution in [1.82, 2.24) is 5.32 Å². The maximum absolute atomic E-state index is 12.8. The van der Waals surface area contributed by atoms with E-state index in [0.29, 0.717) is 5.11 Å². The second-order valence-corrected chi connectivity index (χ2v) is 5.94. The van der Waals surface area contributed by atoms with E-state index in [4.69, 9.17) is 12.2 Å². The Hall–Kier alpha value is -1.46. The van der Waals surface area contributed by atoms with Crippen molar-refractivity contribution in [3.8, 4) is 0 Å². The minimum absolute atomic E-state index is 0.197. The molecule has 2 aromatic carbocycles. The van der Waals surface area contributed by atoms with Gasteiger partial charge in [0.15, 0.2) is 5.11 Å². The lowest BCUT2D eigenvalue weighted by Gasteiger charge is -2.10. The Labute approximate surface area is 137 Å². The van der Waals surface area contributed by atoms with Gasteiger partial charge in [-0.05, 0) is 67.0 Å². The summed E-state index contributed by atoms with van der Waals surface area (Å²) in [6, 6.07) is 14.4. The van der Waals surface area contributed by atoms with E-state index in [-0.39, 0.29) is 5.82 Å². The molecule has 0 aromatic heterocycles. The van der Waals surface area contributed by atoms with Gasteiger partial charge < -0.3 is 10.6 Å². The molecule has 5 heteroatoms. The number of rotatable bonds is 5. The molecule has 0 fully saturated rings. The van der Waals surface area contributed by atoms with Crippen LogP contribution in [0.5, 0.6) is 0 Å². The van der Waals surface area contributed by atoms with Gasteiger partial charge >= 0.3 is 0 Å². The molecule has 0 heterocycles. The fourth-order valence-corrected chi connectivity index (χ4v) is 2.34. The number of thiocarbonyl (C=S) groups is 1. The molecule has 2 rings (SSSR count). The molecule has 0 spiro atoms. The Morgan fingerprint density at radius 3 is 2.38 bits per heavy atom. The Morgan fingerprint density at radius 2 is 1.71 bits per heavy atom. The quantitative estimate of drug-likeness (QED) is 0.601. The molecule has 0 unspecified atom stereocenters. The lowest BCUT2D eigenvalue weighted by atomic mass is 10.1. The molecule has 0 aliphatic rings. The number of benzene rings is 2. The van der Waals surface area contributed by atoms with Gasteiger partial charge in [-0.25, -0.2) is 4.39 Å². The first-order valence-corrected chi connectivity index (χ1v) is 7.88. The highest BCUT2D eigenvalue weighted by Gasteiger charge is 1.98. The summed E-state index contributed by atoms with van der Waals surface area (Å²) >= 11 is 8.62. The Morgan fingerprint density at radius 1 is 1.05 bits per heavy atom. The zero-order chi connectivity index (χ0) is 15.1. The molecule has 0 saturated carbocycles. The van der Waals surface area contributed by atoms with E-state index in [1.807, 2.05) is 36.4 Å². The van der Waals surface area contributed by atoms with Gasteiger partial charge in [0.25, 0.3) is 0 Å². The number of aryl methyl sites for hydroxylation is 1. The molecule has 110 valence electrons. The molecule has 2 nitrogen and oxygen atoms in total. The van der Waals surface area contributed by atoms with Crippen LogP contribution in [0.3, 0.4) is 0 Å². The van der Waals surface area contributed by atoms with Crippen molar-refractivity contribution >= 4 is 38.9 Å². The van der Waals surface area contributed by atoms with Gasteiger partial charge in [-0.1, -0.05) is 28.1 Å². The summed E-state index contributed by atoms with van der Waals surface area (Å²) in [5.41, 5.74) is 2.08. The lowest BCUT2D eigenvalue weighted by molar-refractivity contribution is 0.626. The number of hydrogen-bond donors (Lipinski definition) is 2. The highest BCUT2D eigenvalue weighted by molar-refractivity contribution is 9.10. The van der Waals surface area contributed by atoms with Crippen LogP contribution >= 0.6 is 28.1 Å². The number of anilines is 1. The summed E-state index contributed by atoms with van der Waals surface area (Å²) in [5, 5.41) is 6.89. The second kappa shape index (κ2) is 8.10. The maximum atomic E-state index is 12.8. The summed E-state index contributed by atoms with van der Waals surface area (Å²) in [5.74, 6) is -0.197. The zero-order valence-electron chi connectivity index (χ0n) is 11.4. The van der Waals surface area contributed by atoms with E-state index in [9.17, 15) is 4.39 Å². The van der Waals surface area contributed by atoms with Gasteiger partial charge in [0.1, 0.15) is 5.82 Å². The molecule has 0 radical (unpaired) electrons. The van der Waals surface area contributed by atoms with Gasteiger partial charge in [-0.2, -0.15) is 0 Å². The molecular formula is C16H16BrFN2S. The topological polar surface area (TPSA) is 24.1 Å². The monoisotopic (exact) mass is 366 g/mol. The van der Waals surface area contributed by atoms with Crippen molar-refractivity contribution < 1.29 is 4.39 Å². The Kier molecular flexibility index (Phi) is 6.14. The van der Waals surface area contributed by atoms with Crippen LogP contribution in [-0.2, 0) is 6.42 Å². The van der Waals surface area contributed by atoms with Gasteiger partial charge in [-0.3, -0.25) is 0 Å². The first-order valence-electron chi connectivity index (χ1n) is 6.68. The maximum Gasteiger partial charge on any atom is 0.170 e. The molecule has 0 saturated heterocycles. The molecule has 0 bridgehead atoms. The molecule has 0 aliphatic carbocycles. The largest absolute Gasteiger partial charge is 0.362 e. The minimum Gasteiger partial charge on any atom is -0.362 e. The predicted octanol–water partition coefficient (Wildman–Crippen LogP) is 4.51. The average Bonchev–Trinajstić information content (AvgIpc) is 2.48. The SMILES string of the molecule is Fc1ccc(CCCNC(=S)Nc2ccc(Br)cc2)cc1. The van der Waals surface area contributed by atoms with Crippen molar-refractivity contribution in [2.24, 2.45) is 0 Å². The van der Waals surface area contributed by atoms with Crippen LogP contribution in [0.1, 0.15) is 12.0 Å². The first-order chi connectivity index (χ1) is 10.1. The van der Waals surface area contributed by atoms with Crippen molar-refractivity contribution in [1.29, 1.82) is 0 Å². The summed E-state index contributed by atoms with van der Waals surface area (Å²) in [6.45, 7) is 0.778. The highest BCUT2D eigenvalue weighted by Crippen LogP contribution is 2.13. The third-order valence-electron chi connectivity index (χ3n) is 2.94. The van der Waals surface area contributed by atoms with Crippen molar-refractivity contribution in [3.63, 3.8) is 0 Å². The van der Waals surface area contributed by atoms with Crippen LogP contribution in [0.2, 0.25) is 0 Å². The van der Waals surface area contributed by atoms with E-state index in [1.54, 1.807) is 0 Å². The zero-order valence-corrected chi connectivity index (χ0v) is 13.8. The molecule has 2 N–H and O–H groups in total. The highest BCUT2D eigenvalue weighted by atomic mass is 79.9. The molecule has 0 aliphatic heterocycles. The van der Waals surface area contributed by atoms with Crippen molar-refractivity contribution in [3.05, 3.63) is 64.4 Å². The predicted molar refractivity (Wildman–Crippen MR) is 93.1 cm³/mol. The Bertz CT molecular complexity index is 584. The first kappa shape index (κ1) is 15.9. The second-order valence-electron chi connectivity index (χ2n) is 4.62. The molecular weight excluding hydrogens is 351 g/mol. The summed E-state index contributed by atoms with van der Waals surface area (Å²) in [6.07, 6.45) is 1.84. The van der Waals surface area contributed by atoms with Crippen LogP contribution in [0.15, 0.2) is 53.0 Å².